The molecule has 1 aliphatic heterocycles. The maximum absolute atomic E-state index is 12.8. The molecule has 24 heavy (non-hydrogen) atoms. The number of carbonyl (C=O) groups excluding carboxylic acids is 2. The molecule has 7 heteroatoms. The largest absolute Gasteiger partial charge is 0.467 e. The zero-order chi connectivity index (χ0) is 16.9. The van der Waals surface area contributed by atoms with Crippen LogP contribution in [0.2, 0.25) is 0 Å². The SMILES string of the molecule is O=C(CN(C(=O)CCl)C1CC1)N(Cc1ccco1)CC1CCCO1. The van der Waals surface area contributed by atoms with E-state index in [2.05, 4.69) is 0 Å². The second-order valence-electron chi connectivity index (χ2n) is 6.38. The molecule has 2 fully saturated rings. The Morgan fingerprint density at radius 3 is 2.67 bits per heavy atom. The van der Waals surface area contributed by atoms with E-state index in [1.54, 1.807) is 22.1 Å². The van der Waals surface area contributed by atoms with E-state index >= 15 is 0 Å². The minimum absolute atomic E-state index is 0.0574. The van der Waals surface area contributed by atoms with Crippen LogP contribution in [-0.4, -0.2) is 59.3 Å². The summed E-state index contributed by atoms with van der Waals surface area (Å²) in [7, 11) is 0. The van der Waals surface area contributed by atoms with Gasteiger partial charge in [0.2, 0.25) is 11.8 Å². The monoisotopic (exact) mass is 354 g/mol. The van der Waals surface area contributed by atoms with E-state index in [9.17, 15) is 9.59 Å². The predicted molar refractivity (Wildman–Crippen MR) is 88.6 cm³/mol. The number of alkyl halides is 1. The highest BCUT2D eigenvalue weighted by atomic mass is 35.5. The smallest absolute Gasteiger partial charge is 0.242 e. The Hall–Kier alpha value is -1.53. The molecule has 1 saturated carbocycles. The summed E-state index contributed by atoms with van der Waals surface area (Å²) in [6, 6.07) is 3.81. The molecular weight excluding hydrogens is 332 g/mol. The lowest BCUT2D eigenvalue weighted by atomic mass is 10.2. The zero-order valence-electron chi connectivity index (χ0n) is 13.7. The molecule has 1 saturated heterocycles. The van der Waals surface area contributed by atoms with Gasteiger partial charge in [-0.1, -0.05) is 0 Å². The molecule has 1 aliphatic carbocycles. The van der Waals surface area contributed by atoms with E-state index < -0.39 is 0 Å². The third kappa shape index (κ3) is 4.51. The lowest BCUT2D eigenvalue weighted by Gasteiger charge is -2.28. The number of hydrogen-bond acceptors (Lipinski definition) is 4. The summed E-state index contributed by atoms with van der Waals surface area (Å²) in [4.78, 5) is 28.1. The summed E-state index contributed by atoms with van der Waals surface area (Å²) in [5.74, 6) is 0.367. The van der Waals surface area contributed by atoms with E-state index in [1.165, 1.54) is 0 Å². The number of nitrogens with zero attached hydrogens (tertiary/aromatic N) is 2. The fourth-order valence-corrected chi connectivity index (χ4v) is 3.16. The Labute approximate surface area is 146 Å². The van der Waals surface area contributed by atoms with Crippen LogP contribution >= 0.6 is 11.6 Å². The van der Waals surface area contributed by atoms with Crippen molar-refractivity contribution in [3.8, 4) is 0 Å². The second kappa shape index (κ2) is 8.03. The first-order valence-corrected chi connectivity index (χ1v) is 8.98. The molecule has 0 radical (unpaired) electrons. The molecule has 132 valence electrons. The van der Waals surface area contributed by atoms with Crippen molar-refractivity contribution in [1.82, 2.24) is 9.80 Å². The van der Waals surface area contributed by atoms with Crippen LogP contribution in [0.1, 0.15) is 31.4 Å². The normalized spacial score (nSPS) is 20.1. The standard InChI is InChI=1S/C17H23ClN2O4/c18-9-16(21)20(13-5-6-13)12-17(22)19(10-14-3-1-7-23-14)11-15-4-2-8-24-15/h1,3,7,13,15H,2,4-6,8-12H2. The highest BCUT2D eigenvalue weighted by molar-refractivity contribution is 6.27. The number of ether oxygens (including phenoxy) is 1. The van der Waals surface area contributed by atoms with Crippen molar-refractivity contribution < 1.29 is 18.7 Å². The molecule has 0 aromatic carbocycles. The molecular formula is C17H23ClN2O4. The number of hydrogen-bond donors (Lipinski definition) is 0. The Kier molecular flexibility index (Phi) is 5.79. The zero-order valence-corrected chi connectivity index (χ0v) is 14.4. The Balaban J connectivity index is 1.65. The maximum Gasteiger partial charge on any atom is 0.242 e. The summed E-state index contributed by atoms with van der Waals surface area (Å²) in [5.41, 5.74) is 0. The van der Waals surface area contributed by atoms with Crippen LogP contribution in [0.25, 0.3) is 0 Å². The van der Waals surface area contributed by atoms with Gasteiger partial charge in [0.05, 0.1) is 18.9 Å². The number of halogens is 1. The predicted octanol–water partition coefficient (Wildman–Crippen LogP) is 2.02. The Morgan fingerprint density at radius 2 is 2.08 bits per heavy atom. The summed E-state index contributed by atoms with van der Waals surface area (Å²) in [6.07, 6.45) is 5.51. The van der Waals surface area contributed by atoms with Crippen LogP contribution in [0, 0.1) is 0 Å². The fourth-order valence-electron chi connectivity index (χ4n) is 3.01. The summed E-state index contributed by atoms with van der Waals surface area (Å²) in [5, 5.41) is 0. The van der Waals surface area contributed by atoms with Gasteiger partial charge >= 0.3 is 0 Å². The molecule has 1 atom stereocenters. The molecule has 2 heterocycles. The van der Waals surface area contributed by atoms with Gasteiger partial charge in [-0.05, 0) is 37.8 Å². The van der Waals surface area contributed by atoms with E-state index in [-0.39, 0.29) is 36.4 Å². The molecule has 0 N–H and O–H groups in total. The molecule has 2 aliphatic rings. The highest BCUT2D eigenvalue weighted by Gasteiger charge is 2.35. The Morgan fingerprint density at radius 1 is 1.25 bits per heavy atom. The minimum Gasteiger partial charge on any atom is -0.467 e. The van der Waals surface area contributed by atoms with Gasteiger partial charge in [-0.15, -0.1) is 11.6 Å². The second-order valence-corrected chi connectivity index (χ2v) is 6.64. The van der Waals surface area contributed by atoms with Crippen LogP contribution in [0.4, 0.5) is 0 Å². The van der Waals surface area contributed by atoms with Gasteiger partial charge in [0.15, 0.2) is 0 Å². The average Bonchev–Trinajstić information content (AvgIpc) is 3.06. The molecule has 1 unspecified atom stereocenters. The van der Waals surface area contributed by atoms with Crippen LogP contribution in [-0.2, 0) is 20.9 Å². The molecule has 3 rings (SSSR count). The van der Waals surface area contributed by atoms with E-state index in [4.69, 9.17) is 20.8 Å². The summed E-state index contributed by atoms with van der Waals surface area (Å²) in [6.45, 7) is 1.72. The van der Waals surface area contributed by atoms with Crippen LogP contribution < -0.4 is 0 Å². The van der Waals surface area contributed by atoms with Crippen molar-refractivity contribution in [1.29, 1.82) is 0 Å². The molecule has 1 aromatic rings. The molecule has 2 amide bonds. The quantitative estimate of drug-likeness (QED) is 0.670. The van der Waals surface area contributed by atoms with Crippen molar-refractivity contribution in [2.24, 2.45) is 0 Å². The maximum atomic E-state index is 12.8. The van der Waals surface area contributed by atoms with Crippen molar-refractivity contribution in [3.63, 3.8) is 0 Å². The molecule has 0 bridgehead atoms. The van der Waals surface area contributed by atoms with Gasteiger partial charge in [0.1, 0.15) is 18.2 Å². The van der Waals surface area contributed by atoms with Gasteiger partial charge in [-0.25, -0.2) is 0 Å². The molecule has 6 nitrogen and oxygen atoms in total. The van der Waals surface area contributed by atoms with E-state index in [0.29, 0.717) is 13.1 Å². The minimum atomic E-state index is -0.178. The van der Waals surface area contributed by atoms with Gasteiger partial charge in [-0.3, -0.25) is 9.59 Å². The average molecular weight is 355 g/mol. The lowest BCUT2D eigenvalue weighted by molar-refractivity contribution is -0.141. The van der Waals surface area contributed by atoms with Gasteiger partial charge in [0.25, 0.3) is 0 Å². The van der Waals surface area contributed by atoms with Crippen molar-refractivity contribution in [3.05, 3.63) is 24.2 Å². The number of amides is 2. The molecule has 1 aromatic heterocycles. The van der Waals surface area contributed by atoms with Gasteiger partial charge in [0, 0.05) is 19.2 Å². The first-order chi connectivity index (χ1) is 11.7. The first kappa shape index (κ1) is 17.3. The molecule has 0 spiro atoms. The van der Waals surface area contributed by atoms with Crippen molar-refractivity contribution in [2.75, 3.05) is 25.6 Å². The van der Waals surface area contributed by atoms with Gasteiger partial charge in [-0.2, -0.15) is 0 Å². The Bertz CT molecular complexity index is 553. The van der Waals surface area contributed by atoms with Crippen LogP contribution in [0.3, 0.4) is 0 Å². The third-order valence-electron chi connectivity index (χ3n) is 4.46. The van der Waals surface area contributed by atoms with Gasteiger partial charge < -0.3 is 19.0 Å². The number of rotatable bonds is 8. The topological polar surface area (TPSA) is 63.0 Å². The third-order valence-corrected chi connectivity index (χ3v) is 4.68. The summed E-state index contributed by atoms with van der Waals surface area (Å²) < 4.78 is 11.0. The summed E-state index contributed by atoms with van der Waals surface area (Å²) >= 11 is 5.68. The van der Waals surface area contributed by atoms with E-state index in [0.717, 1.165) is 38.1 Å². The van der Waals surface area contributed by atoms with Crippen molar-refractivity contribution in [2.45, 2.75) is 44.4 Å². The van der Waals surface area contributed by atoms with Crippen molar-refractivity contribution >= 4 is 23.4 Å². The highest BCUT2D eigenvalue weighted by Crippen LogP contribution is 2.27. The number of furan rings is 1. The number of carbonyl (C=O) groups is 2. The lowest BCUT2D eigenvalue weighted by Crippen LogP contribution is -2.46. The first-order valence-electron chi connectivity index (χ1n) is 8.44. The van der Waals surface area contributed by atoms with Crippen LogP contribution in [0.5, 0.6) is 0 Å². The fraction of sp³-hybridized carbons (Fsp3) is 0.647. The van der Waals surface area contributed by atoms with Crippen LogP contribution in [0.15, 0.2) is 22.8 Å². The van der Waals surface area contributed by atoms with E-state index in [1.807, 2.05) is 6.07 Å².